The zero-order chi connectivity index (χ0) is 16.1. The second kappa shape index (κ2) is 5.23. The summed E-state index contributed by atoms with van der Waals surface area (Å²) in [4.78, 5) is 20.2. The minimum Gasteiger partial charge on any atom is -0.349 e. The third-order valence-corrected chi connectivity index (χ3v) is 5.41. The van der Waals surface area contributed by atoms with Crippen LogP contribution in [0, 0.1) is 0 Å². The molecule has 1 aliphatic carbocycles. The minimum atomic E-state index is 0.00832. The van der Waals surface area contributed by atoms with Gasteiger partial charge in [0.15, 0.2) is 0 Å². The molecule has 5 nitrogen and oxygen atoms in total. The Morgan fingerprint density at radius 1 is 1.21 bits per heavy atom. The largest absolute Gasteiger partial charge is 0.349 e. The summed E-state index contributed by atoms with van der Waals surface area (Å²) in [5, 5.41) is 4.02. The van der Waals surface area contributed by atoms with Crippen molar-refractivity contribution >= 4 is 16.9 Å². The number of pyridine rings is 1. The van der Waals surface area contributed by atoms with Crippen LogP contribution in [0.25, 0.3) is 22.2 Å². The number of aromatic amines is 1. The first-order valence-corrected chi connectivity index (χ1v) is 8.76. The van der Waals surface area contributed by atoms with Gasteiger partial charge in [0.05, 0.1) is 0 Å². The van der Waals surface area contributed by atoms with Gasteiger partial charge in [-0.15, -0.1) is 0 Å². The highest BCUT2D eigenvalue weighted by atomic mass is 16.2. The highest BCUT2D eigenvalue weighted by Crippen LogP contribution is 2.35. The zero-order valence-electron chi connectivity index (χ0n) is 13.5. The predicted octanol–water partition coefficient (Wildman–Crippen LogP) is 3.43. The Hall–Kier alpha value is -2.56. The van der Waals surface area contributed by atoms with Crippen LogP contribution < -0.4 is 5.32 Å². The molecule has 1 aliphatic heterocycles. The summed E-state index contributed by atoms with van der Waals surface area (Å²) in [6, 6.07) is 6.33. The highest BCUT2D eigenvalue weighted by molar-refractivity contribution is 5.98. The lowest BCUT2D eigenvalue weighted by atomic mass is 10.0. The maximum absolute atomic E-state index is 12.0. The minimum absolute atomic E-state index is 0.00832. The number of nitrogens with one attached hydrogen (secondary N) is 2. The normalized spacial score (nSPS) is 18.1. The highest BCUT2D eigenvalue weighted by Gasteiger charge is 2.21. The van der Waals surface area contributed by atoms with Gasteiger partial charge in [0.1, 0.15) is 11.3 Å². The molecule has 2 aliphatic rings. The monoisotopic (exact) mass is 320 g/mol. The van der Waals surface area contributed by atoms with Crippen molar-refractivity contribution in [3.8, 4) is 11.1 Å². The number of H-pyrrole nitrogens is 1. The SMILES string of the molecule is O=C1NCCn2cc(-c3c[nH]c4nc(C5CCCC5)ccc34)cc21. The summed E-state index contributed by atoms with van der Waals surface area (Å²) in [6.07, 6.45) is 9.23. The van der Waals surface area contributed by atoms with Crippen molar-refractivity contribution in [3.63, 3.8) is 0 Å². The van der Waals surface area contributed by atoms with E-state index in [1.165, 1.54) is 31.4 Å². The van der Waals surface area contributed by atoms with Crippen LogP contribution in [-0.2, 0) is 6.54 Å². The number of rotatable bonds is 2. The van der Waals surface area contributed by atoms with E-state index in [0.717, 1.165) is 34.4 Å². The molecule has 0 saturated heterocycles. The molecule has 2 N–H and O–H groups in total. The lowest BCUT2D eigenvalue weighted by molar-refractivity contribution is 0.0928. The maximum atomic E-state index is 12.0. The van der Waals surface area contributed by atoms with Gasteiger partial charge in [0, 0.05) is 53.6 Å². The molecule has 0 atom stereocenters. The standard InChI is InChI=1S/C19H20N4O/c24-19-17-9-13(11-23(17)8-7-20-19)15-10-21-18-14(15)5-6-16(22-18)12-3-1-2-4-12/h5-6,9-12H,1-4,7-8H2,(H,20,24)(H,21,22). The van der Waals surface area contributed by atoms with E-state index in [1.54, 1.807) is 0 Å². The van der Waals surface area contributed by atoms with Crippen molar-refractivity contribution < 1.29 is 4.79 Å². The fourth-order valence-electron chi connectivity index (χ4n) is 4.12. The first-order valence-electron chi connectivity index (χ1n) is 8.76. The second-order valence-corrected chi connectivity index (χ2v) is 6.88. The lowest BCUT2D eigenvalue weighted by Crippen LogP contribution is -2.34. The van der Waals surface area contributed by atoms with E-state index < -0.39 is 0 Å². The first kappa shape index (κ1) is 13.8. The van der Waals surface area contributed by atoms with Crippen molar-refractivity contribution in [2.75, 3.05) is 6.54 Å². The van der Waals surface area contributed by atoms with Gasteiger partial charge >= 0.3 is 0 Å². The van der Waals surface area contributed by atoms with Gasteiger partial charge in [-0.1, -0.05) is 12.8 Å². The molecule has 0 spiro atoms. The van der Waals surface area contributed by atoms with Gasteiger partial charge in [-0.2, -0.15) is 0 Å². The molecule has 1 saturated carbocycles. The van der Waals surface area contributed by atoms with E-state index in [2.05, 4.69) is 28.6 Å². The van der Waals surface area contributed by atoms with E-state index in [-0.39, 0.29) is 5.91 Å². The summed E-state index contributed by atoms with van der Waals surface area (Å²) in [5.41, 5.74) is 5.09. The number of hydrogen-bond acceptors (Lipinski definition) is 2. The van der Waals surface area contributed by atoms with Crippen LogP contribution in [-0.4, -0.2) is 27.0 Å². The Morgan fingerprint density at radius 3 is 2.92 bits per heavy atom. The summed E-state index contributed by atoms with van der Waals surface area (Å²) < 4.78 is 2.04. The Labute approximate surface area is 140 Å². The van der Waals surface area contributed by atoms with Crippen molar-refractivity contribution in [1.29, 1.82) is 0 Å². The van der Waals surface area contributed by atoms with Gasteiger partial charge in [0.2, 0.25) is 0 Å². The molecule has 24 heavy (non-hydrogen) atoms. The number of hydrogen-bond donors (Lipinski definition) is 2. The van der Waals surface area contributed by atoms with Crippen molar-refractivity contribution in [1.82, 2.24) is 19.9 Å². The van der Waals surface area contributed by atoms with Gasteiger partial charge in [0.25, 0.3) is 5.91 Å². The summed E-state index contributed by atoms with van der Waals surface area (Å²) in [7, 11) is 0. The van der Waals surface area contributed by atoms with Crippen LogP contribution in [0.2, 0.25) is 0 Å². The van der Waals surface area contributed by atoms with Crippen LogP contribution in [0.1, 0.15) is 47.8 Å². The van der Waals surface area contributed by atoms with Crippen molar-refractivity contribution in [2.24, 2.45) is 0 Å². The van der Waals surface area contributed by atoms with Crippen molar-refractivity contribution in [3.05, 3.63) is 42.0 Å². The van der Waals surface area contributed by atoms with Crippen molar-refractivity contribution in [2.45, 2.75) is 38.1 Å². The number of carbonyl (C=O) groups is 1. The Bertz CT molecular complexity index is 930. The summed E-state index contributed by atoms with van der Waals surface area (Å²) >= 11 is 0. The zero-order valence-corrected chi connectivity index (χ0v) is 13.5. The second-order valence-electron chi connectivity index (χ2n) is 6.88. The Balaban J connectivity index is 1.57. The van der Waals surface area contributed by atoms with E-state index in [4.69, 9.17) is 4.98 Å². The van der Waals surface area contributed by atoms with E-state index in [9.17, 15) is 4.79 Å². The summed E-state index contributed by atoms with van der Waals surface area (Å²) in [6.45, 7) is 1.52. The van der Waals surface area contributed by atoms with Crippen LogP contribution in [0.4, 0.5) is 0 Å². The molecule has 1 amide bonds. The molecular weight excluding hydrogens is 300 g/mol. The quantitative estimate of drug-likeness (QED) is 0.760. The van der Waals surface area contributed by atoms with Gasteiger partial charge in [-0.05, 0) is 31.0 Å². The van der Waals surface area contributed by atoms with E-state index >= 15 is 0 Å². The van der Waals surface area contributed by atoms with Gasteiger partial charge in [-0.25, -0.2) is 4.98 Å². The maximum Gasteiger partial charge on any atom is 0.267 e. The number of nitrogens with zero attached hydrogens (tertiary/aromatic N) is 2. The summed E-state index contributed by atoms with van der Waals surface area (Å²) in [5.74, 6) is 0.626. The van der Waals surface area contributed by atoms with Gasteiger partial charge in [-0.3, -0.25) is 4.79 Å². The predicted molar refractivity (Wildman–Crippen MR) is 93.1 cm³/mol. The molecule has 3 aromatic heterocycles. The molecule has 4 heterocycles. The van der Waals surface area contributed by atoms with Crippen LogP contribution in [0.15, 0.2) is 30.6 Å². The molecule has 1 fully saturated rings. The fraction of sp³-hybridized carbons (Fsp3) is 0.368. The molecule has 0 unspecified atom stereocenters. The Kier molecular flexibility index (Phi) is 3.01. The third-order valence-electron chi connectivity index (χ3n) is 5.41. The topological polar surface area (TPSA) is 62.7 Å². The lowest BCUT2D eigenvalue weighted by Gasteiger charge is -2.14. The van der Waals surface area contributed by atoms with E-state index in [0.29, 0.717) is 12.5 Å². The smallest absolute Gasteiger partial charge is 0.267 e. The fourth-order valence-corrected chi connectivity index (χ4v) is 4.12. The molecule has 5 rings (SSSR count). The average Bonchev–Trinajstić information content (AvgIpc) is 3.33. The molecule has 5 heteroatoms. The number of aromatic nitrogens is 3. The third kappa shape index (κ3) is 2.08. The molecule has 122 valence electrons. The van der Waals surface area contributed by atoms with Gasteiger partial charge < -0.3 is 14.9 Å². The molecule has 0 aromatic carbocycles. The van der Waals surface area contributed by atoms with Crippen LogP contribution in [0.5, 0.6) is 0 Å². The van der Waals surface area contributed by atoms with E-state index in [1.807, 2.05) is 16.8 Å². The molecular formula is C19H20N4O. The molecule has 0 radical (unpaired) electrons. The van der Waals surface area contributed by atoms with Crippen LogP contribution in [0.3, 0.4) is 0 Å². The first-order chi connectivity index (χ1) is 11.8. The number of fused-ring (bicyclic) bond motifs is 2. The molecule has 0 bridgehead atoms. The Morgan fingerprint density at radius 2 is 2.08 bits per heavy atom. The molecule has 3 aromatic rings. The van der Waals surface area contributed by atoms with Crippen LogP contribution >= 0.6 is 0 Å². The average molecular weight is 320 g/mol. The number of amides is 1. The number of carbonyl (C=O) groups excluding carboxylic acids is 1.